The predicted molar refractivity (Wildman–Crippen MR) is 85.3 cm³/mol. The lowest BCUT2D eigenvalue weighted by Crippen LogP contribution is -2.76. The number of carboxylic acid groups (broad SMARTS) is 1. The number of carbonyl (C=O) groups is 2. The zero-order valence-electron chi connectivity index (χ0n) is 14.2. The fourth-order valence-electron chi connectivity index (χ4n) is 3.10. The number of amides is 1. The van der Waals surface area contributed by atoms with Crippen molar-refractivity contribution in [2.45, 2.75) is 45.8 Å². The topological polar surface area (TPSA) is 112 Å². The second kappa shape index (κ2) is 6.21. The number of hydrogen-bond donors (Lipinski definition) is 2. The van der Waals surface area contributed by atoms with Gasteiger partial charge in [0.25, 0.3) is 5.91 Å². The predicted octanol–water partition coefficient (Wildman–Crippen LogP) is 1.65. The maximum Gasteiger partial charge on any atom is 0.330 e. The van der Waals surface area contributed by atoms with E-state index in [0.29, 0.717) is 17.9 Å². The quantitative estimate of drug-likeness (QED) is 0.848. The fraction of sp³-hybridized carbons (Fsp3) is 0.529. The lowest BCUT2D eigenvalue weighted by atomic mass is 9.54. The third kappa shape index (κ3) is 2.63. The third-order valence-corrected chi connectivity index (χ3v) is 4.90. The number of carbonyl (C=O) groups excluding carboxylic acids is 1. The van der Waals surface area contributed by atoms with Crippen molar-refractivity contribution >= 4 is 11.9 Å². The van der Waals surface area contributed by atoms with Crippen LogP contribution in [0.2, 0.25) is 0 Å². The molecule has 1 aromatic heterocycles. The Kier molecular flexibility index (Phi) is 4.63. The van der Waals surface area contributed by atoms with E-state index in [1.54, 1.807) is 20.8 Å². The number of ether oxygens (including phenoxy) is 1. The Morgan fingerprint density at radius 2 is 2.17 bits per heavy atom. The van der Waals surface area contributed by atoms with Crippen LogP contribution in [0.4, 0.5) is 0 Å². The van der Waals surface area contributed by atoms with Gasteiger partial charge in [-0.25, -0.2) is 9.78 Å². The zero-order chi connectivity index (χ0) is 18.1. The van der Waals surface area contributed by atoms with E-state index in [2.05, 4.69) is 10.3 Å². The summed E-state index contributed by atoms with van der Waals surface area (Å²) >= 11 is 0. The number of pyridine rings is 1. The zero-order valence-corrected chi connectivity index (χ0v) is 14.2. The first-order valence-corrected chi connectivity index (χ1v) is 7.75. The second-order valence-corrected chi connectivity index (χ2v) is 6.48. The molecular formula is C17H21N3O4. The van der Waals surface area contributed by atoms with Crippen LogP contribution in [0.25, 0.3) is 0 Å². The molecule has 2 rings (SSSR count). The first kappa shape index (κ1) is 17.9. The number of aromatic nitrogens is 1. The van der Waals surface area contributed by atoms with Gasteiger partial charge < -0.3 is 15.2 Å². The van der Waals surface area contributed by atoms with Crippen LogP contribution >= 0.6 is 0 Å². The van der Waals surface area contributed by atoms with E-state index in [1.807, 2.05) is 13.0 Å². The molecule has 1 aliphatic rings. The molecule has 0 saturated heterocycles. The molecule has 1 saturated carbocycles. The monoisotopic (exact) mass is 331 g/mol. The highest BCUT2D eigenvalue weighted by atomic mass is 16.5. The lowest BCUT2D eigenvalue weighted by molar-refractivity contribution is -0.190. The molecule has 1 fully saturated rings. The largest absolute Gasteiger partial charge is 0.479 e. The molecule has 2 unspecified atom stereocenters. The number of hydrogen-bond acceptors (Lipinski definition) is 5. The summed E-state index contributed by atoms with van der Waals surface area (Å²) < 4.78 is 5.57. The van der Waals surface area contributed by atoms with Crippen LogP contribution in [0.1, 0.15) is 48.9 Å². The van der Waals surface area contributed by atoms with Crippen LogP contribution in [-0.2, 0) is 9.53 Å². The summed E-state index contributed by atoms with van der Waals surface area (Å²) in [7, 11) is 0. The van der Waals surface area contributed by atoms with Gasteiger partial charge in [-0.05, 0) is 26.0 Å². The molecule has 1 aliphatic carbocycles. The van der Waals surface area contributed by atoms with E-state index in [1.165, 1.54) is 12.1 Å². The van der Waals surface area contributed by atoms with Crippen molar-refractivity contribution in [2.75, 3.05) is 6.61 Å². The minimum Gasteiger partial charge on any atom is -0.479 e. The third-order valence-electron chi connectivity index (χ3n) is 4.90. The van der Waals surface area contributed by atoms with E-state index in [9.17, 15) is 14.7 Å². The van der Waals surface area contributed by atoms with Crippen LogP contribution in [-0.4, -0.2) is 40.2 Å². The Bertz CT molecular complexity index is 723. The number of carboxylic acids is 1. The molecule has 7 heteroatoms. The molecule has 0 radical (unpaired) electrons. The van der Waals surface area contributed by atoms with Crippen LogP contribution in [0.3, 0.4) is 0 Å². The molecule has 0 bridgehead atoms. The highest BCUT2D eigenvalue weighted by molar-refractivity contribution is 5.97. The van der Waals surface area contributed by atoms with E-state index in [0.717, 1.165) is 0 Å². The van der Waals surface area contributed by atoms with Crippen molar-refractivity contribution in [2.24, 2.45) is 5.41 Å². The van der Waals surface area contributed by atoms with Gasteiger partial charge in [-0.15, -0.1) is 0 Å². The number of nitrogens with zero attached hydrogens (tertiary/aromatic N) is 2. The minimum absolute atomic E-state index is 0.0859. The van der Waals surface area contributed by atoms with Gasteiger partial charge in [0.05, 0.1) is 17.4 Å². The lowest BCUT2D eigenvalue weighted by Gasteiger charge is -2.58. The molecule has 7 nitrogen and oxygen atoms in total. The maximum atomic E-state index is 12.5. The van der Waals surface area contributed by atoms with Crippen molar-refractivity contribution in [1.82, 2.24) is 10.3 Å². The van der Waals surface area contributed by atoms with Crippen molar-refractivity contribution < 1.29 is 19.4 Å². The van der Waals surface area contributed by atoms with Crippen molar-refractivity contribution in [3.63, 3.8) is 0 Å². The number of nitriles is 1. The van der Waals surface area contributed by atoms with Gasteiger partial charge in [-0.3, -0.25) is 4.79 Å². The Labute approximate surface area is 140 Å². The number of nitrogens with one attached hydrogen (secondary N) is 1. The highest BCUT2D eigenvalue weighted by Gasteiger charge is 2.66. The molecular weight excluding hydrogens is 310 g/mol. The fourth-order valence-corrected chi connectivity index (χ4v) is 3.10. The molecule has 1 heterocycles. The SMILES string of the molecule is CCOC1CC(NC(=O)c2ccc(C#N)c(C)n2)(C(=O)O)C1(C)C. The Balaban J connectivity index is 2.27. The standard InChI is InChI=1S/C17H21N3O4/c1-5-24-13-8-17(15(22)23,16(13,3)4)20-14(21)12-7-6-11(9-18)10(2)19-12/h6-7,13H,5,8H2,1-4H3,(H,20,21)(H,22,23). The second-order valence-electron chi connectivity index (χ2n) is 6.48. The Morgan fingerprint density at radius 1 is 1.50 bits per heavy atom. The van der Waals surface area contributed by atoms with Gasteiger partial charge in [-0.2, -0.15) is 5.26 Å². The summed E-state index contributed by atoms with van der Waals surface area (Å²) in [5.74, 6) is -1.67. The molecule has 1 amide bonds. The molecule has 128 valence electrons. The van der Waals surface area contributed by atoms with Gasteiger partial charge in [0.15, 0.2) is 0 Å². The molecule has 1 aromatic rings. The number of rotatable bonds is 5. The minimum atomic E-state index is -1.41. The average molecular weight is 331 g/mol. The van der Waals surface area contributed by atoms with Gasteiger partial charge in [0.2, 0.25) is 0 Å². The van der Waals surface area contributed by atoms with Gasteiger partial charge in [0.1, 0.15) is 17.3 Å². The smallest absolute Gasteiger partial charge is 0.330 e. The average Bonchev–Trinajstić information content (AvgIpc) is 2.52. The summed E-state index contributed by atoms with van der Waals surface area (Å²) in [6, 6.07) is 4.90. The van der Waals surface area contributed by atoms with Crippen LogP contribution in [0, 0.1) is 23.7 Å². The van der Waals surface area contributed by atoms with Crippen LogP contribution in [0.5, 0.6) is 0 Å². The summed E-state index contributed by atoms with van der Waals surface area (Å²) in [6.45, 7) is 7.49. The van der Waals surface area contributed by atoms with Crippen molar-refractivity contribution in [1.29, 1.82) is 5.26 Å². The van der Waals surface area contributed by atoms with Gasteiger partial charge in [-0.1, -0.05) is 13.8 Å². The Morgan fingerprint density at radius 3 is 2.62 bits per heavy atom. The number of aryl methyl sites for hydroxylation is 1. The van der Waals surface area contributed by atoms with Crippen molar-refractivity contribution in [3.05, 3.63) is 29.1 Å². The van der Waals surface area contributed by atoms with E-state index < -0.39 is 22.8 Å². The molecule has 0 aliphatic heterocycles. The van der Waals surface area contributed by atoms with Gasteiger partial charge >= 0.3 is 5.97 Å². The molecule has 0 spiro atoms. The summed E-state index contributed by atoms with van der Waals surface area (Å²) in [5, 5.41) is 21.2. The highest BCUT2D eigenvalue weighted by Crippen LogP contribution is 2.51. The van der Waals surface area contributed by atoms with Crippen molar-refractivity contribution in [3.8, 4) is 6.07 Å². The van der Waals surface area contributed by atoms with E-state index >= 15 is 0 Å². The first-order valence-electron chi connectivity index (χ1n) is 7.75. The summed E-state index contributed by atoms with van der Waals surface area (Å²) in [5.41, 5.74) is -1.28. The maximum absolute atomic E-state index is 12.5. The summed E-state index contributed by atoms with van der Waals surface area (Å²) in [6.07, 6.45) is -0.0426. The molecule has 2 atom stereocenters. The van der Waals surface area contributed by atoms with E-state index in [4.69, 9.17) is 10.00 Å². The molecule has 0 aromatic carbocycles. The Hall–Kier alpha value is -2.46. The first-order chi connectivity index (χ1) is 11.2. The normalized spacial score (nSPS) is 24.5. The van der Waals surface area contributed by atoms with E-state index in [-0.39, 0.29) is 18.2 Å². The molecule has 24 heavy (non-hydrogen) atoms. The van der Waals surface area contributed by atoms with Gasteiger partial charge in [0, 0.05) is 18.4 Å². The van der Waals surface area contributed by atoms with Crippen LogP contribution < -0.4 is 5.32 Å². The number of aliphatic carboxylic acids is 1. The summed E-state index contributed by atoms with van der Waals surface area (Å²) in [4.78, 5) is 28.5. The van der Waals surface area contributed by atoms with Crippen LogP contribution in [0.15, 0.2) is 12.1 Å². The molecule has 2 N–H and O–H groups in total.